The molecule has 0 saturated heterocycles. The predicted molar refractivity (Wildman–Crippen MR) is 136 cm³/mol. The van der Waals surface area contributed by atoms with Crippen molar-refractivity contribution < 1.29 is 26.3 Å². The lowest BCUT2D eigenvalue weighted by atomic mass is 10.0. The van der Waals surface area contributed by atoms with Crippen LogP contribution in [0.5, 0.6) is 0 Å². The third-order valence-corrected chi connectivity index (χ3v) is 6.24. The topological polar surface area (TPSA) is 65.2 Å². The first-order valence-corrected chi connectivity index (χ1v) is 11.3. The summed E-state index contributed by atoms with van der Waals surface area (Å²) < 4.78 is 79.4. The molecule has 0 aliphatic rings. The number of thiocarbonyl (C=S) groups is 1. The standard InChI is InChI=1S/C25H21F6N5OS/c1-5-23(2,3)36(22(38)34(4)16-7-6-15(12-32)19(10-16)25(29,30)31)17-8-9-18-20(11-17)33-14-35(21(18)37)13-24(26,27)28/h5-11,14H,1,13H2,2-4H3. The van der Waals surface area contributed by atoms with Gasteiger partial charge in [0.1, 0.15) is 6.54 Å². The van der Waals surface area contributed by atoms with E-state index in [4.69, 9.17) is 17.5 Å². The minimum absolute atomic E-state index is 0.0393. The molecule has 1 heterocycles. The molecule has 1 aromatic heterocycles. The van der Waals surface area contributed by atoms with Crippen LogP contribution in [0.15, 0.2) is 60.2 Å². The van der Waals surface area contributed by atoms with E-state index in [1.807, 2.05) is 0 Å². The van der Waals surface area contributed by atoms with Crippen molar-refractivity contribution in [3.63, 3.8) is 0 Å². The summed E-state index contributed by atoms with van der Waals surface area (Å²) >= 11 is 5.65. The van der Waals surface area contributed by atoms with Crippen LogP contribution in [-0.2, 0) is 12.7 Å². The van der Waals surface area contributed by atoms with Gasteiger partial charge in [-0.15, -0.1) is 6.58 Å². The van der Waals surface area contributed by atoms with Crippen molar-refractivity contribution in [3.8, 4) is 6.07 Å². The van der Waals surface area contributed by atoms with Gasteiger partial charge in [-0.1, -0.05) is 6.08 Å². The first kappa shape index (κ1) is 28.6. The summed E-state index contributed by atoms with van der Waals surface area (Å²) in [5.74, 6) is 0. The van der Waals surface area contributed by atoms with Gasteiger partial charge in [-0.2, -0.15) is 31.6 Å². The Morgan fingerprint density at radius 2 is 1.76 bits per heavy atom. The number of nitrogens with zero attached hydrogens (tertiary/aromatic N) is 5. The maximum Gasteiger partial charge on any atom is 0.417 e. The molecule has 3 aromatic rings. The molecule has 0 unspecified atom stereocenters. The van der Waals surface area contributed by atoms with E-state index in [-0.39, 0.29) is 21.7 Å². The van der Waals surface area contributed by atoms with Gasteiger partial charge in [-0.25, -0.2) is 4.98 Å². The molecule has 0 spiro atoms. The van der Waals surface area contributed by atoms with Gasteiger partial charge >= 0.3 is 12.4 Å². The number of alkyl halides is 6. The van der Waals surface area contributed by atoms with E-state index in [1.54, 1.807) is 24.8 Å². The number of benzene rings is 2. The number of nitriles is 1. The average molecular weight is 554 g/mol. The highest BCUT2D eigenvalue weighted by atomic mass is 32.1. The van der Waals surface area contributed by atoms with E-state index in [1.165, 1.54) is 42.3 Å². The monoisotopic (exact) mass is 553 g/mol. The normalized spacial score (nSPS) is 12.2. The van der Waals surface area contributed by atoms with Crippen LogP contribution in [0.4, 0.5) is 37.7 Å². The van der Waals surface area contributed by atoms with Gasteiger partial charge in [0.2, 0.25) is 0 Å². The van der Waals surface area contributed by atoms with Crippen LogP contribution in [0.2, 0.25) is 0 Å². The summed E-state index contributed by atoms with van der Waals surface area (Å²) in [6, 6.07) is 8.92. The number of aromatic nitrogens is 2. The van der Waals surface area contributed by atoms with E-state index in [0.29, 0.717) is 10.3 Å². The molecule has 0 saturated carbocycles. The van der Waals surface area contributed by atoms with Crippen molar-refractivity contribution in [1.82, 2.24) is 9.55 Å². The lowest BCUT2D eigenvalue weighted by Crippen LogP contribution is -2.52. The van der Waals surface area contributed by atoms with Gasteiger partial charge in [-0.05, 0) is 62.5 Å². The number of fused-ring (bicyclic) bond motifs is 1. The van der Waals surface area contributed by atoms with Crippen LogP contribution in [0.3, 0.4) is 0 Å². The summed E-state index contributed by atoms with van der Waals surface area (Å²) in [7, 11) is 1.45. The van der Waals surface area contributed by atoms with Gasteiger partial charge in [-0.3, -0.25) is 9.36 Å². The van der Waals surface area contributed by atoms with Crippen LogP contribution in [0, 0.1) is 11.3 Å². The molecular weight excluding hydrogens is 532 g/mol. The first-order chi connectivity index (χ1) is 17.5. The minimum Gasteiger partial charge on any atom is -0.322 e. The van der Waals surface area contributed by atoms with Crippen LogP contribution in [0.25, 0.3) is 10.9 Å². The van der Waals surface area contributed by atoms with Crippen molar-refractivity contribution >= 4 is 39.6 Å². The largest absolute Gasteiger partial charge is 0.417 e. The number of hydrogen-bond donors (Lipinski definition) is 0. The molecule has 3 rings (SSSR count). The van der Waals surface area contributed by atoms with Gasteiger partial charge in [0, 0.05) is 18.4 Å². The lowest BCUT2D eigenvalue weighted by Gasteiger charge is -2.41. The van der Waals surface area contributed by atoms with Gasteiger partial charge in [0.25, 0.3) is 5.56 Å². The van der Waals surface area contributed by atoms with Gasteiger partial charge in [0.05, 0.1) is 40.0 Å². The molecular formula is C25H21F6N5OS. The van der Waals surface area contributed by atoms with Crippen LogP contribution in [-0.4, -0.2) is 33.4 Å². The molecule has 0 amide bonds. The van der Waals surface area contributed by atoms with E-state index in [9.17, 15) is 31.1 Å². The zero-order chi connectivity index (χ0) is 28.6. The Hall–Kier alpha value is -3.92. The summed E-state index contributed by atoms with van der Waals surface area (Å²) in [5, 5.41) is 9.06. The summed E-state index contributed by atoms with van der Waals surface area (Å²) in [6.07, 6.45) is -7.04. The van der Waals surface area contributed by atoms with E-state index in [0.717, 1.165) is 18.5 Å². The first-order valence-electron chi connectivity index (χ1n) is 10.9. The average Bonchev–Trinajstić information content (AvgIpc) is 2.83. The number of rotatable bonds is 5. The number of anilines is 2. The van der Waals surface area contributed by atoms with Crippen molar-refractivity contribution in [2.45, 2.75) is 38.3 Å². The summed E-state index contributed by atoms with van der Waals surface area (Å²) in [5.41, 5.74) is -2.94. The van der Waals surface area contributed by atoms with Crippen molar-refractivity contribution in [1.29, 1.82) is 5.26 Å². The molecule has 38 heavy (non-hydrogen) atoms. The van der Waals surface area contributed by atoms with E-state index >= 15 is 0 Å². The Balaban J connectivity index is 2.10. The Morgan fingerprint density at radius 3 is 2.32 bits per heavy atom. The zero-order valence-corrected chi connectivity index (χ0v) is 21.2. The Bertz CT molecular complexity index is 1500. The lowest BCUT2D eigenvalue weighted by molar-refractivity contribution is -0.141. The molecule has 0 aliphatic heterocycles. The fraction of sp³-hybridized carbons (Fsp3) is 0.280. The third kappa shape index (κ3) is 5.80. The molecule has 6 nitrogen and oxygen atoms in total. The highest BCUT2D eigenvalue weighted by Gasteiger charge is 2.35. The molecule has 2 aromatic carbocycles. The molecule has 200 valence electrons. The fourth-order valence-corrected chi connectivity index (χ4v) is 4.15. The zero-order valence-electron chi connectivity index (χ0n) is 20.4. The van der Waals surface area contributed by atoms with Crippen LogP contribution in [0.1, 0.15) is 25.0 Å². The SMILES string of the molecule is C=CC(C)(C)N(C(=S)N(C)c1ccc(C#N)c(C(F)(F)F)c1)c1ccc2c(=O)n(CC(F)(F)F)cnc2c1. The quantitative estimate of drug-likeness (QED) is 0.218. The maximum absolute atomic E-state index is 13.5. The second kappa shape index (κ2) is 10.1. The Morgan fingerprint density at radius 1 is 1.13 bits per heavy atom. The molecule has 0 aliphatic carbocycles. The minimum atomic E-state index is -4.77. The maximum atomic E-state index is 13.5. The molecule has 0 radical (unpaired) electrons. The Kier molecular flexibility index (Phi) is 7.61. The van der Waals surface area contributed by atoms with Crippen LogP contribution < -0.4 is 15.4 Å². The highest BCUT2D eigenvalue weighted by molar-refractivity contribution is 7.80. The molecule has 0 fully saturated rings. The van der Waals surface area contributed by atoms with Crippen molar-refractivity contribution in [3.05, 3.63) is 76.9 Å². The smallest absolute Gasteiger partial charge is 0.322 e. The van der Waals surface area contributed by atoms with E-state index in [2.05, 4.69) is 11.6 Å². The van der Waals surface area contributed by atoms with E-state index < -0.39 is 41.1 Å². The predicted octanol–water partition coefficient (Wildman–Crippen LogP) is 6.04. The van der Waals surface area contributed by atoms with Gasteiger partial charge < -0.3 is 9.80 Å². The molecule has 0 atom stereocenters. The number of halogens is 6. The molecule has 0 N–H and O–H groups in total. The third-order valence-electron chi connectivity index (χ3n) is 5.79. The Labute approximate surface area is 219 Å². The highest BCUT2D eigenvalue weighted by Crippen LogP contribution is 2.35. The van der Waals surface area contributed by atoms with Crippen molar-refractivity contribution in [2.24, 2.45) is 0 Å². The second-order valence-corrected chi connectivity index (χ2v) is 9.23. The fourth-order valence-electron chi connectivity index (χ4n) is 3.71. The molecule has 13 heteroatoms. The molecule has 0 bridgehead atoms. The van der Waals surface area contributed by atoms with Gasteiger partial charge in [0.15, 0.2) is 5.11 Å². The van der Waals surface area contributed by atoms with Crippen molar-refractivity contribution in [2.75, 3.05) is 16.8 Å². The summed E-state index contributed by atoms with van der Waals surface area (Å²) in [4.78, 5) is 19.4. The summed E-state index contributed by atoms with van der Waals surface area (Å²) in [6.45, 7) is 5.78. The number of hydrogen-bond acceptors (Lipinski definition) is 4. The van der Waals surface area contributed by atoms with Crippen LogP contribution >= 0.6 is 12.2 Å². The second-order valence-electron chi connectivity index (χ2n) is 8.87.